The molecule has 21 heavy (non-hydrogen) atoms. The summed E-state index contributed by atoms with van der Waals surface area (Å²) in [7, 11) is 1.97. The van der Waals surface area contributed by atoms with E-state index in [-0.39, 0.29) is 0 Å². The van der Waals surface area contributed by atoms with Gasteiger partial charge in [-0.1, -0.05) is 24.3 Å². The molecule has 1 N–H and O–H groups in total. The van der Waals surface area contributed by atoms with E-state index in [4.69, 9.17) is 0 Å². The second kappa shape index (κ2) is 5.48. The van der Waals surface area contributed by atoms with Crippen molar-refractivity contribution >= 4 is 32.5 Å². The van der Waals surface area contributed by atoms with E-state index in [1.807, 2.05) is 37.0 Å². The van der Waals surface area contributed by atoms with Crippen molar-refractivity contribution in [2.75, 3.05) is 5.32 Å². The Bertz CT molecular complexity index is 807. The van der Waals surface area contributed by atoms with E-state index in [1.54, 1.807) is 0 Å². The quantitative estimate of drug-likeness (QED) is 0.781. The summed E-state index contributed by atoms with van der Waals surface area (Å²) in [6, 6.07) is 8.24. The van der Waals surface area contributed by atoms with Crippen LogP contribution in [0.4, 0.5) is 5.82 Å². The highest BCUT2D eigenvalue weighted by Gasteiger charge is 2.10. The fraction of sp³-hybridized carbons (Fsp3) is 0.250. The molecule has 0 bridgehead atoms. The monoisotopic (exact) mass is 344 g/mol. The third kappa shape index (κ3) is 2.53. The molecule has 2 heterocycles. The van der Waals surface area contributed by atoms with Gasteiger partial charge in [0.1, 0.15) is 5.82 Å². The molecule has 1 aromatic carbocycles. The summed E-state index contributed by atoms with van der Waals surface area (Å²) in [5, 5.41) is 10.2. The predicted octanol–water partition coefficient (Wildman–Crippen LogP) is 3.96. The first-order valence-corrected chi connectivity index (χ1v) is 7.63. The molecule has 0 spiro atoms. The third-order valence-corrected chi connectivity index (χ3v) is 4.47. The average molecular weight is 345 g/mol. The third-order valence-electron chi connectivity index (χ3n) is 3.84. The highest BCUT2D eigenvalue weighted by Crippen LogP contribution is 2.28. The van der Waals surface area contributed by atoms with Crippen molar-refractivity contribution in [2.45, 2.75) is 20.4 Å². The average Bonchev–Trinajstić information content (AvgIpc) is 2.72. The standard InChI is InChI=1S/C16H17BrN4/c1-10-14(11(2)21(3)20-10)8-18-16-13-7-5-4-6-12(13)15(17)9-19-16/h4-7,9H,8H2,1-3H3,(H,18,19). The largest absolute Gasteiger partial charge is 0.365 e. The molecule has 0 atom stereocenters. The molecule has 4 nitrogen and oxygen atoms in total. The van der Waals surface area contributed by atoms with Crippen molar-refractivity contribution in [3.05, 3.63) is 51.9 Å². The number of anilines is 1. The lowest BCUT2D eigenvalue weighted by Gasteiger charge is -2.10. The molecule has 0 amide bonds. The number of fused-ring (bicyclic) bond motifs is 1. The van der Waals surface area contributed by atoms with Gasteiger partial charge in [-0.15, -0.1) is 0 Å². The minimum absolute atomic E-state index is 0.726. The smallest absolute Gasteiger partial charge is 0.134 e. The number of aromatic nitrogens is 3. The zero-order valence-corrected chi connectivity index (χ0v) is 13.9. The molecule has 108 valence electrons. The minimum Gasteiger partial charge on any atom is -0.365 e. The predicted molar refractivity (Wildman–Crippen MR) is 89.5 cm³/mol. The lowest BCUT2D eigenvalue weighted by molar-refractivity contribution is 0.730. The normalized spacial score (nSPS) is 11.0. The second-order valence-electron chi connectivity index (χ2n) is 5.13. The number of nitrogens with one attached hydrogen (secondary N) is 1. The van der Waals surface area contributed by atoms with Gasteiger partial charge in [-0.3, -0.25) is 4.68 Å². The van der Waals surface area contributed by atoms with Gasteiger partial charge in [-0.05, 0) is 29.8 Å². The van der Waals surface area contributed by atoms with Crippen LogP contribution in [0.3, 0.4) is 0 Å². The van der Waals surface area contributed by atoms with Crippen LogP contribution in [-0.4, -0.2) is 14.8 Å². The van der Waals surface area contributed by atoms with Gasteiger partial charge < -0.3 is 5.32 Å². The first-order chi connectivity index (χ1) is 10.1. The van der Waals surface area contributed by atoms with Gasteiger partial charge in [0, 0.05) is 46.3 Å². The number of aryl methyl sites for hydroxylation is 2. The van der Waals surface area contributed by atoms with Crippen LogP contribution < -0.4 is 5.32 Å². The summed E-state index contributed by atoms with van der Waals surface area (Å²) in [5.41, 5.74) is 3.47. The SMILES string of the molecule is Cc1nn(C)c(C)c1CNc1ncc(Br)c2ccccc12. The van der Waals surface area contributed by atoms with Gasteiger partial charge in [-0.2, -0.15) is 5.10 Å². The second-order valence-corrected chi connectivity index (χ2v) is 5.98. The Labute approximate surface area is 132 Å². The molecular weight excluding hydrogens is 328 g/mol. The van der Waals surface area contributed by atoms with Crippen LogP contribution in [0.5, 0.6) is 0 Å². The van der Waals surface area contributed by atoms with Gasteiger partial charge in [0.25, 0.3) is 0 Å². The number of hydrogen-bond donors (Lipinski definition) is 1. The first-order valence-electron chi connectivity index (χ1n) is 6.84. The maximum atomic E-state index is 4.50. The molecule has 3 rings (SSSR count). The topological polar surface area (TPSA) is 42.7 Å². The van der Waals surface area contributed by atoms with Crippen LogP contribution in [0.2, 0.25) is 0 Å². The highest BCUT2D eigenvalue weighted by molar-refractivity contribution is 9.10. The highest BCUT2D eigenvalue weighted by atomic mass is 79.9. The Morgan fingerprint density at radius 1 is 1.19 bits per heavy atom. The van der Waals surface area contributed by atoms with E-state index in [1.165, 1.54) is 11.3 Å². The van der Waals surface area contributed by atoms with Crippen LogP contribution in [0.1, 0.15) is 17.0 Å². The van der Waals surface area contributed by atoms with Crippen LogP contribution in [0.15, 0.2) is 34.9 Å². The van der Waals surface area contributed by atoms with Crippen LogP contribution in [0.25, 0.3) is 10.8 Å². The Morgan fingerprint density at radius 3 is 2.57 bits per heavy atom. The van der Waals surface area contributed by atoms with Crippen molar-refractivity contribution in [1.82, 2.24) is 14.8 Å². The van der Waals surface area contributed by atoms with E-state index in [0.717, 1.165) is 33.3 Å². The number of pyridine rings is 1. The Kier molecular flexibility index (Phi) is 3.68. The summed E-state index contributed by atoms with van der Waals surface area (Å²) in [4.78, 5) is 4.50. The molecule has 0 saturated carbocycles. The zero-order chi connectivity index (χ0) is 15.0. The molecule has 0 aliphatic carbocycles. The van der Waals surface area contributed by atoms with Crippen molar-refractivity contribution in [3.8, 4) is 0 Å². The molecule has 0 aliphatic rings. The van der Waals surface area contributed by atoms with Crippen LogP contribution in [0, 0.1) is 13.8 Å². The van der Waals surface area contributed by atoms with E-state index >= 15 is 0 Å². The summed E-state index contributed by atoms with van der Waals surface area (Å²) in [6.45, 7) is 4.85. The number of hydrogen-bond acceptors (Lipinski definition) is 3. The summed E-state index contributed by atoms with van der Waals surface area (Å²) in [6.07, 6.45) is 1.84. The Hall–Kier alpha value is -1.88. The number of rotatable bonds is 3. The van der Waals surface area contributed by atoms with Gasteiger partial charge in [0.2, 0.25) is 0 Å². The molecule has 0 aliphatic heterocycles. The van der Waals surface area contributed by atoms with E-state index < -0.39 is 0 Å². The molecule has 0 radical (unpaired) electrons. The number of nitrogens with zero attached hydrogens (tertiary/aromatic N) is 3. The van der Waals surface area contributed by atoms with Crippen molar-refractivity contribution in [2.24, 2.45) is 7.05 Å². The molecule has 0 fully saturated rings. The van der Waals surface area contributed by atoms with Crippen LogP contribution in [-0.2, 0) is 13.6 Å². The number of halogens is 1. The van der Waals surface area contributed by atoms with Gasteiger partial charge in [0.15, 0.2) is 0 Å². The maximum absolute atomic E-state index is 4.50. The zero-order valence-electron chi connectivity index (χ0n) is 12.3. The van der Waals surface area contributed by atoms with E-state index in [9.17, 15) is 0 Å². The fourth-order valence-electron chi connectivity index (χ4n) is 2.54. The lowest BCUT2D eigenvalue weighted by atomic mass is 10.1. The van der Waals surface area contributed by atoms with E-state index in [0.29, 0.717) is 0 Å². The first kappa shape index (κ1) is 14.1. The van der Waals surface area contributed by atoms with Gasteiger partial charge in [-0.25, -0.2) is 4.98 Å². The summed E-state index contributed by atoms with van der Waals surface area (Å²) < 4.78 is 2.93. The van der Waals surface area contributed by atoms with Crippen molar-refractivity contribution in [3.63, 3.8) is 0 Å². The molecular formula is C16H17BrN4. The van der Waals surface area contributed by atoms with E-state index in [2.05, 4.69) is 50.4 Å². The maximum Gasteiger partial charge on any atom is 0.134 e. The lowest BCUT2D eigenvalue weighted by Crippen LogP contribution is -2.04. The molecule has 0 saturated heterocycles. The van der Waals surface area contributed by atoms with Crippen molar-refractivity contribution < 1.29 is 0 Å². The Balaban J connectivity index is 1.94. The van der Waals surface area contributed by atoms with Crippen LogP contribution >= 0.6 is 15.9 Å². The summed E-state index contributed by atoms with van der Waals surface area (Å²) in [5.74, 6) is 0.899. The van der Waals surface area contributed by atoms with Gasteiger partial charge in [0.05, 0.1) is 5.69 Å². The number of benzene rings is 1. The fourth-order valence-corrected chi connectivity index (χ4v) is 2.99. The van der Waals surface area contributed by atoms with Crippen molar-refractivity contribution in [1.29, 1.82) is 0 Å². The summed E-state index contributed by atoms with van der Waals surface area (Å²) >= 11 is 3.55. The molecule has 5 heteroatoms. The molecule has 2 aromatic heterocycles. The molecule has 3 aromatic rings. The minimum atomic E-state index is 0.726. The molecule has 0 unspecified atom stereocenters. The Morgan fingerprint density at radius 2 is 1.90 bits per heavy atom. The van der Waals surface area contributed by atoms with Gasteiger partial charge >= 0.3 is 0 Å².